The number of carbonyl (C=O) groups excluding carboxylic acids is 1. The Morgan fingerprint density at radius 3 is 2.88 bits per heavy atom. The number of halogens is 2. The molecule has 0 aliphatic heterocycles. The van der Waals surface area contributed by atoms with Gasteiger partial charge in [0, 0.05) is 0 Å². The summed E-state index contributed by atoms with van der Waals surface area (Å²) in [5, 5.41) is 0. The Hall–Kier alpha value is -0.940. The van der Waals surface area contributed by atoms with Crippen LogP contribution in [0.15, 0.2) is 22.7 Å². The highest BCUT2D eigenvalue weighted by Crippen LogP contribution is 2.17. The molecule has 1 aromatic carbocycles. The topological polar surface area (TPSA) is 52.3 Å². The van der Waals surface area contributed by atoms with Gasteiger partial charge in [-0.2, -0.15) is 0 Å². The highest BCUT2D eigenvalue weighted by atomic mass is 79.9. The summed E-state index contributed by atoms with van der Waals surface area (Å²) in [5.74, 6) is -0.781. The van der Waals surface area contributed by atoms with Crippen LogP contribution in [-0.2, 0) is 16.0 Å². The molecular weight excluding hydrogens is 277 g/mol. The van der Waals surface area contributed by atoms with E-state index in [1.807, 2.05) is 0 Å². The van der Waals surface area contributed by atoms with E-state index in [0.29, 0.717) is 17.5 Å². The van der Waals surface area contributed by atoms with E-state index in [0.717, 1.165) is 5.56 Å². The van der Waals surface area contributed by atoms with Gasteiger partial charge in [0.2, 0.25) is 0 Å². The van der Waals surface area contributed by atoms with Crippen LogP contribution in [-0.4, -0.2) is 18.6 Å². The van der Waals surface area contributed by atoms with Crippen LogP contribution < -0.4 is 5.73 Å². The fraction of sp³-hybridized carbons (Fsp3) is 0.364. The molecule has 0 saturated heterocycles. The summed E-state index contributed by atoms with van der Waals surface area (Å²) in [6.07, 6.45) is 0.331. The highest BCUT2D eigenvalue weighted by molar-refractivity contribution is 9.10. The minimum atomic E-state index is -0.711. The molecule has 0 aromatic heterocycles. The second-order valence-electron chi connectivity index (χ2n) is 3.31. The van der Waals surface area contributed by atoms with Gasteiger partial charge in [0.1, 0.15) is 11.9 Å². The molecule has 2 N–H and O–H groups in total. The maximum atomic E-state index is 12.9. The summed E-state index contributed by atoms with van der Waals surface area (Å²) in [5.41, 5.74) is 6.43. The van der Waals surface area contributed by atoms with E-state index < -0.39 is 12.0 Å². The van der Waals surface area contributed by atoms with Crippen LogP contribution in [0, 0.1) is 5.82 Å². The number of rotatable bonds is 4. The SMILES string of the molecule is CCOC(=O)[C@@H](N)Cc1ccc(F)c(Br)c1. The lowest BCUT2D eigenvalue weighted by atomic mass is 10.1. The molecule has 0 fully saturated rings. The van der Waals surface area contributed by atoms with Crippen molar-refractivity contribution < 1.29 is 13.9 Å². The molecule has 0 aliphatic rings. The van der Waals surface area contributed by atoms with Crippen LogP contribution in [0.25, 0.3) is 0 Å². The van der Waals surface area contributed by atoms with Gasteiger partial charge in [-0.1, -0.05) is 6.07 Å². The molecule has 0 spiro atoms. The Morgan fingerprint density at radius 2 is 2.31 bits per heavy atom. The van der Waals surface area contributed by atoms with E-state index in [4.69, 9.17) is 10.5 Å². The van der Waals surface area contributed by atoms with Crippen molar-refractivity contribution in [3.63, 3.8) is 0 Å². The molecule has 1 aromatic rings. The maximum Gasteiger partial charge on any atom is 0.323 e. The van der Waals surface area contributed by atoms with Crippen LogP contribution in [0.5, 0.6) is 0 Å². The van der Waals surface area contributed by atoms with Crippen LogP contribution >= 0.6 is 15.9 Å². The maximum absolute atomic E-state index is 12.9. The monoisotopic (exact) mass is 289 g/mol. The summed E-state index contributed by atoms with van der Waals surface area (Å²) in [7, 11) is 0. The zero-order chi connectivity index (χ0) is 12.1. The quantitative estimate of drug-likeness (QED) is 0.863. The number of hydrogen-bond donors (Lipinski definition) is 1. The van der Waals surface area contributed by atoms with E-state index in [1.54, 1.807) is 19.1 Å². The van der Waals surface area contributed by atoms with Gasteiger partial charge in [-0.15, -0.1) is 0 Å². The number of carbonyl (C=O) groups is 1. The Labute approximate surface area is 102 Å². The summed E-state index contributed by atoms with van der Waals surface area (Å²) >= 11 is 3.07. The zero-order valence-corrected chi connectivity index (χ0v) is 10.5. The standard InChI is InChI=1S/C11H13BrFNO2/c1-2-16-11(15)10(14)6-7-3-4-9(13)8(12)5-7/h3-5,10H,2,6,14H2,1H3/t10-/m0/s1. The third-order valence-corrected chi connectivity index (χ3v) is 2.64. The number of benzene rings is 1. The minimum absolute atomic E-state index is 0.305. The molecular formula is C11H13BrFNO2. The van der Waals surface area contributed by atoms with Crippen LogP contribution in [0.4, 0.5) is 4.39 Å². The summed E-state index contributed by atoms with van der Waals surface area (Å²) in [6.45, 7) is 2.03. The first-order valence-electron chi connectivity index (χ1n) is 4.90. The second-order valence-corrected chi connectivity index (χ2v) is 4.17. The van der Waals surface area contributed by atoms with Crippen molar-refractivity contribution in [1.29, 1.82) is 0 Å². The third kappa shape index (κ3) is 3.57. The first-order chi connectivity index (χ1) is 7.54. The van der Waals surface area contributed by atoms with Crippen LogP contribution in [0.1, 0.15) is 12.5 Å². The molecule has 0 radical (unpaired) electrons. The van der Waals surface area contributed by atoms with Gasteiger partial charge >= 0.3 is 5.97 Å². The first-order valence-corrected chi connectivity index (χ1v) is 5.70. The predicted octanol–water partition coefficient (Wildman–Crippen LogP) is 2.02. The average Bonchev–Trinajstić information content (AvgIpc) is 2.24. The van der Waals surface area contributed by atoms with E-state index in [9.17, 15) is 9.18 Å². The molecule has 5 heteroatoms. The number of esters is 1. The van der Waals surface area contributed by atoms with Crippen LogP contribution in [0.2, 0.25) is 0 Å². The van der Waals surface area contributed by atoms with E-state index in [2.05, 4.69) is 15.9 Å². The van der Waals surface area contributed by atoms with Crippen molar-refractivity contribution in [3.8, 4) is 0 Å². The fourth-order valence-electron chi connectivity index (χ4n) is 1.25. The molecule has 1 rings (SSSR count). The lowest BCUT2D eigenvalue weighted by Crippen LogP contribution is -2.34. The third-order valence-electron chi connectivity index (χ3n) is 2.03. The summed E-state index contributed by atoms with van der Waals surface area (Å²) in [6, 6.07) is 3.82. The Kier molecular flexibility index (Phi) is 4.89. The van der Waals surface area contributed by atoms with Crippen molar-refractivity contribution in [2.75, 3.05) is 6.61 Å². The molecule has 0 unspecified atom stereocenters. The summed E-state index contributed by atoms with van der Waals surface area (Å²) < 4.78 is 18.1. The van der Waals surface area contributed by atoms with Crippen molar-refractivity contribution >= 4 is 21.9 Å². The van der Waals surface area contributed by atoms with Gasteiger partial charge in [-0.05, 0) is 47.0 Å². The molecule has 3 nitrogen and oxygen atoms in total. The Morgan fingerprint density at radius 1 is 1.62 bits per heavy atom. The van der Waals surface area contributed by atoms with Crippen molar-refractivity contribution in [2.45, 2.75) is 19.4 Å². The molecule has 0 aliphatic carbocycles. The second kappa shape index (κ2) is 5.96. The normalized spacial score (nSPS) is 12.2. The highest BCUT2D eigenvalue weighted by Gasteiger charge is 2.15. The lowest BCUT2D eigenvalue weighted by molar-refractivity contribution is -0.144. The number of ether oxygens (including phenoxy) is 1. The van der Waals surface area contributed by atoms with Crippen molar-refractivity contribution in [3.05, 3.63) is 34.1 Å². The average molecular weight is 290 g/mol. The van der Waals surface area contributed by atoms with Gasteiger partial charge in [0.15, 0.2) is 0 Å². The largest absolute Gasteiger partial charge is 0.465 e. The zero-order valence-electron chi connectivity index (χ0n) is 8.87. The minimum Gasteiger partial charge on any atom is -0.465 e. The van der Waals surface area contributed by atoms with Gasteiger partial charge in [-0.3, -0.25) is 4.79 Å². The number of hydrogen-bond acceptors (Lipinski definition) is 3. The molecule has 0 heterocycles. The van der Waals surface area contributed by atoms with Gasteiger partial charge < -0.3 is 10.5 Å². The van der Waals surface area contributed by atoms with Gasteiger partial charge in [-0.25, -0.2) is 4.39 Å². The van der Waals surface area contributed by atoms with E-state index >= 15 is 0 Å². The Balaban J connectivity index is 2.66. The van der Waals surface area contributed by atoms with Crippen molar-refractivity contribution in [1.82, 2.24) is 0 Å². The lowest BCUT2D eigenvalue weighted by Gasteiger charge is -2.10. The summed E-state index contributed by atoms with van der Waals surface area (Å²) in [4.78, 5) is 11.3. The van der Waals surface area contributed by atoms with E-state index in [-0.39, 0.29) is 5.82 Å². The first kappa shape index (κ1) is 13.1. The molecule has 0 saturated carbocycles. The molecule has 1 atom stereocenters. The predicted molar refractivity (Wildman–Crippen MR) is 62.4 cm³/mol. The molecule has 0 bridgehead atoms. The van der Waals surface area contributed by atoms with E-state index in [1.165, 1.54) is 6.07 Å². The molecule has 0 amide bonds. The Bertz CT molecular complexity index is 384. The molecule has 88 valence electrons. The van der Waals surface area contributed by atoms with Gasteiger partial charge in [0.05, 0.1) is 11.1 Å². The number of nitrogens with two attached hydrogens (primary N) is 1. The fourth-order valence-corrected chi connectivity index (χ4v) is 1.68. The van der Waals surface area contributed by atoms with Gasteiger partial charge in [0.25, 0.3) is 0 Å². The smallest absolute Gasteiger partial charge is 0.323 e. The molecule has 16 heavy (non-hydrogen) atoms. The van der Waals surface area contributed by atoms with Crippen LogP contribution in [0.3, 0.4) is 0 Å². The van der Waals surface area contributed by atoms with Crippen molar-refractivity contribution in [2.24, 2.45) is 5.73 Å².